The van der Waals surface area contributed by atoms with Crippen LogP contribution in [0.1, 0.15) is 36.5 Å². The summed E-state index contributed by atoms with van der Waals surface area (Å²) in [7, 11) is 0. The Morgan fingerprint density at radius 2 is 2.22 bits per heavy atom. The SMILES string of the molecule is CCCCOCCCNC(=O)c1cccnc1N. The number of nitrogens with two attached hydrogens (primary N) is 1. The molecule has 18 heavy (non-hydrogen) atoms. The number of anilines is 1. The van der Waals surface area contributed by atoms with Crippen molar-refractivity contribution in [2.45, 2.75) is 26.2 Å². The Labute approximate surface area is 108 Å². The lowest BCUT2D eigenvalue weighted by atomic mass is 10.2. The van der Waals surface area contributed by atoms with Gasteiger partial charge in [-0.25, -0.2) is 4.98 Å². The Morgan fingerprint density at radius 1 is 1.44 bits per heavy atom. The molecule has 1 aromatic heterocycles. The number of rotatable bonds is 8. The fourth-order valence-electron chi connectivity index (χ4n) is 1.43. The third-order valence-corrected chi connectivity index (χ3v) is 2.48. The van der Waals surface area contributed by atoms with Crippen LogP contribution in [0.2, 0.25) is 0 Å². The molecule has 0 unspecified atom stereocenters. The van der Waals surface area contributed by atoms with Gasteiger partial charge in [0.25, 0.3) is 5.91 Å². The molecule has 0 bridgehead atoms. The average Bonchev–Trinajstić information content (AvgIpc) is 2.38. The molecule has 1 rings (SSSR count). The van der Waals surface area contributed by atoms with Crippen LogP contribution in [0.3, 0.4) is 0 Å². The van der Waals surface area contributed by atoms with Crippen LogP contribution in [-0.4, -0.2) is 30.6 Å². The Bertz CT molecular complexity index is 369. The van der Waals surface area contributed by atoms with Gasteiger partial charge >= 0.3 is 0 Å². The lowest BCUT2D eigenvalue weighted by Crippen LogP contribution is -2.26. The van der Waals surface area contributed by atoms with Gasteiger partial charge < -0.3 is 15.8 Å². The standard InChI is InChI=1S/C13H21N3O2/c1-2-3-9-18-10-5-8-16-13(17)11-6-4-7-15-12(11)14/h4,6-7H,2-3,5,8-10H2,1H3,(H2,14,15)(H,16,17). The summed E-state index contributed by atoms with van der Waals surface area (Å²) in [6.45, 7) is 4.17. The highest BCUT2D eigenvalue weighted by molar-refractivity contribution is 5.98. The maximum absolute atomic E-state index is 11.7. The quantitative estimate of drug-likeness (QED) is 0.688. The van der Waals surface area contributed by atoms with E-state index in [0.717, 1.165) is 25.9 Å². The summed E-state index contributed by atoms with van der Waals surface area (Å²) in [5, 5.41) is 2.79. The fraction of sp³-hybridized carbons (Fsp3) is 0.538. The predicted molar refractivity (Wildman–Crippen MR) is 71.3 cm³/mol. The van der Waals surface area contributed by atoms with Crippen LogP contribution in [-0.2, 0) is 4.74 Å². The van der Waals surface area contributed by atoms with Crippen molar-refractivity contribution in [2.75, 3.05) is 25.5 Å². The maximum atomic E-state index is 11.7. The summed E-state index contributed by atoms with van der Waals surface area (Å²) < 4.78 is 5.40. The number of hydrogen-bond acceptors (Lipinski definition) is 4. The highest BCUT2D eigenvalue weighted by atomic mass is 16.5. The molecule has 0 aliphatic carbocycles. The molecule has 0 radical (unpaired) electrons. The molecule has 0 spiro atoms. The Morgan fingerprint density at radius 3 is 2.94 bits per heavy atom. The summed E-state index contributed by atoms with van der Waals surface area (Å²) in [5.41, 5.74) is 6.03. The molecule has 0 saturated carbocycles. The second kappa shape index (κ2) is 8.47. The zero-order chi connectivity index (χ0) is 13.2. The second-order valence-electron chi connectivity index (χ2n) is 4.01. The highest BCUT2D eigenvalue weighted by Crippen LogP contribution is 2.05. The molecular formula is C13H21N3O2. The Hall–Kier alpha value is -1.62. The van der Waals surface area contributed by atoms with Gasteiger partial charge in [0, 0.05) is 26.0 Å². The third kappa shape index (κ3) is 5.14. The Balaban J connectivity index is 2.16. The first-order valence-corrected chi connectivity index (χ1v) is 6.32. The number of pyridine rings is 1. The summed E-state index contributed by atoms with van der Waals surface area (Å²) >= 11 is 0. The zero-order valence-corrected chi connectivity index (χ0v) is 10.8. The van der Waals surface area contributed by atoms with Gasteiger partial charge in [-0.05, 0) is 25.0 Å². The van der Waals surface area contributed by atoms with Crippen molar-refractivity contribution < 1.29 is 9.53 Å². The third-order valence-electron chi connectivity index (χ3n) is 2.48. The van der Waals surface area contributed by atoms with Crippen molar-refractivity contribution >= 4 is 11.7 Å². The molecule has 0 saturated heterocycles. The monoisotopic (exact) mass is 251 g/mol. The van der Waals surface area contributed by atoms with Crippen LogP contribution in [0, 0.1) is 0 Å². The first kappa shape index (κ1) is 14.4. The number of nitrogens with one attached hydrogen (secondary N) is 1. The van der Waals surface area contributed by atoms with Crippen molar-refractivity contribution in [2.24, 2.45) is 0 Å². The second-order valence-corrected chi connectivity index (χ2v) is 4.01. The van der Waals surface area contributed by atoms with E-state index in [1.165, 1.54) is 0 Å². The number of ether oxygens (including phenoxy) is 1. The van der Waals surface area contributed by atoms with E-state index in [4.69, 9.17) is 10.5 Å². The number of amides is 1. The molecular weight excluding hydrogens is 230 g/mol. The molecule has 1 heterocycles. The van der Waals surface area contributed by atoms with E-state index < -0.39 is 0 Å². The minimum atomic E-state index is -0.186. The van der Waals surface area contributed by atoms with Gasteiger partial charge in [0.15, 0.2) is 0 Å². The molecule has 5 nitrogen and oxygen atoms in total. The summed E-state index contributed by atoms with van der Waals surface area (Å²) in [5.74, 6) is 0.0725. The topological polar surface area (TPSA) is 77.2 Å². The van der Waals surface area contributed by atoms with Crippen molar-refractivity contribution in [1.29, 1.82) is 0 Å². The summed E-state index contributed by atoms with van der Waals surface area (Å²) in [4.78, 5) is 15.6. The van der Waals surface area contributed by atoms with Crippen LogP contribution in [0.4, 0.5) is 5.82 Å². The van der Waals surface area contributed by atoms with Gasteiger partial charge in [-0.3, -0.25) is 4.79 Å². The van der Waals surface area contributed by atoms with Crippen molar-refractivity contribution in [3.8, 4) is 0 Å². The lowest BCUT2D eigenvalue weighted by molar-refractivity contribution is 0.0941. The van der Waals surface area contributed by atoms with Gasteiger partial charge in [-0.1, -0.05) is 13.3 Å². The molecule has 100 valence electrons. The minimum absolute atomic E-state index is 0.186. The highest BCUT2D eigenvalue weighted by Gasteiger charge is 2.08. The number of nitrogen functional groups attached to an aromatic ring is 1. The van der Waals surface area contributed by atoms with Crippen molar-refractivity contribution in [3.63, 3.8) is 0 Å². The van der Waals surface area contributed by atoms with Gasteiger partial charge in [-0.2, -0.15) is 0 Å². The van der Waals surface area contributed by atoms with Crippen LogP contribution >= 0.6 is 0 Å². The lowest BCUT2D eigenvalue weighted by Gasteiger charge is -2.07. The molecule has 0 atom stereocenters. The molecule has 3 N–H and O–H groups in total. The average molecular weight is 251 g/mol. The normalized spacial score (nSPS) is 10.3. The van der Waals surface area contributed by atoms with Gasteiger partial charge in [-0.15, -0.1) is 0 Å². The van der Waals surface area contributed by atoms with E-state index >= 15 is 0 Å². The Kier molecular flexibility index (Phi) is 6.79. The van der Waals surface area contributed by atoms with Gasteiger partial charge in [0.2, 0.25) is 0 Å². The number of nitrogens with zero attached hydrogens (tertiary/aromatic N) is 1. The first-order valence-electron chi connectivity index (χ1n) is 6.32. The molecule has 0 aliphatic rings. The molecule has 1 aromatic rings. The summed E-state index contributed by atoms with van der Waals surface area (Å²) in [6, 6.07) is 3.36. The molecule has 0 aliphatic heterocycles. The molecule has 0 aromatic carbocycles. The number of carbonyl (C=O) groups is 1. The summed E-state index contributed by atoms with van der Waals surface area (Å²) in [6.07, 6.45) is 4.58. The van der Waals surface area contributed by atoms with E-state index in [1.807, 2.05) is 0 Å². The number of carbonyl (C=O) groups excluding carboxylic acids is 1. The number of unbranched alkanes of at least 4 members (excludes halogenated alkanes) is 1. The maximum Gasteiger partial charge on any atom is 0.255 e. The molecule has 5 heteroatoms. The smallest absolute Gasteiger partial charge is 0.255 e. The first-order chi connectivity index (χ1) is 8.75. The van der Waals surface area contributed by atoms with E-state index in [2.05, 4.69) is 17.2 Å². The van der Waals surface area contributed by atoms with Crippen molar-refractivity contribution in [3.05, 3.63) is 23.9 Å². The van der Waals surface area contributed by atoms with E-state index in [9.17, 15) is 4.79 Å². The van der Waals surface area contributed by atoms with Gasteiger partial charge in [0.1, 0.15) is 5.82 Å². The number of aromatic nitrogens is 1. The van der Waals surface area contributed by atoms with Gasteiger partial charge in [0.05, 0.1) is 5.56 Å². The molecule has 0 fully saturated rings. The molecule has 1 amide bonds. The minimum Gasteiger partial charge on any atom is -0.383 e. The number of hydrogen-bond donors (Lipinski definition) is 2. The largest absolute Gasteiger partial charge is 0.383 e. The van der Waals surface area contributed by atoms with E-state index in [-0.39, 0.29) is 11.7 Å². The van der Waals surface area contributed by atoms with Crippen LogP contribution in [0.15, 0.2) is 18.3 Å². The fourth-order valence-corrected chi connectivity index (χ4v) is 1.43. The van der Waals surface area contributed by atoms with Crippen LogP contribution < -0.4 is 11.1 Å². The van der Waals surface area contributed by atoms with Crippen molar-refractivity contribution in [1.82, 2.24) is 10.3 Å². The van der Waals surface area contributed by atoms with E-state index in [1.54, 1.807) is 18.3 Å². The zero-order valence-electron chi connectivity index (χ0n) is 10.8. The van der Waals surface area contributed by atoms with Crippen LogP contribution in [0.5, 0.6) is 0 Å². The van der Waals surface area contributed by atoms with E-state index in [0.29, 0.717) is 18.7 Å². The predicted octanol–water partition coefficient (Wildman–Crippen LogP) is 1.60. The van der Waals surface area contributed by atoms with Crippen LogP contribution in [0.25, 0.3) is 0 Å².